The third kappa shape index (κ3) is 2.31. The van der Waals surface area contributed by atoms with Gasteiger partial charge in [-0.1, -0.05) is 42.0 Å². The number of nitrogens with one attached hydrogen (secondary N) is 1. The zero-order valence-electron chi connectivity index (χ0n) is 13.3. The van der Waals surface area contributed by atoms with Crippen LogP contribution in [0, 0.1) is 12.8 Å². The van der Waals surface area contributed by atoms with Gasteiger partial charge in [0.05, 0.1) is 11.6 Å². The lowest BCUT2D eigenvalue weighted by Gasteiger charge is -2.39. The fourth-order valence-corrected chi connectivity index (χ4v) is 4.27. The van der Waals surface area contributed by atoms with E-state index in [9.17, 15) is 9.90 Å². The second-order valence-corrected chi connectivity index (χ2v) is 6.99. The van der Waals surface area contributed by atoms with Crippen molar-refractivity contribution in [1.82, 2.24) is 0 Å². The van der Waals surface area contributed by atoms with E-state index in [1.54, 1.807) is 6.07 Å². The van der Waals surface area contributed by atoms with Crippen LogP contribution in [0.5, 0.6) is 0 Å². The average Bonchev–Trinajstić information content (AvgIpc) is 3.04. The van der Waals surface area contributed by atoms with E-state index >= 15 is 0 Å². The van der Waals surface area contributed by atoms with Crippen molar-refractivity contribution in [2.75, 3.05) is 5.32 Å². The molecule has 3 atom stereocenters. The number of allylic oxidation sites excluding steroid dienone is 2. The van der Waals surface area contributed by atoms with E-state index in [1.807, 2.05) is 31.2 Å². The zero-order chi connectivity index (χ0) is 16.8. The van der Waals surface area contributed by atoms with E-state index in [1.165, 1.54) is 0 Å². The first-order valence-electron chi connectivity index (χ1n) is 8.11. The molecule has 0 aromatic heterocycles. The summed E-state index contributed by atoms with van der Waals surface area (Å²) in [7, 11) is 0. The second kappa shape index (κ2) is 5.67. The van der Waals surface area contributed by atoms with Crippen molar-refractivity contribution in [3.8, 4) is 0 Å². The predicted molar refractivity (Wildman–Crippen MR) is 95.9 cm³/mol. The number of carboxylic acid groups (broad SMARTS) is 1. The minimum atomic E-state index is -0.867. The molecule has 0 saturated carbocycles. The number of fused-ring (bicyclic) bond motifs is 3. The van der Waals surface area contributed by atoms with Gasteiger partial charge in [-0.15, -0.1) is 0 Å². The van der Waals surface area contributed by atoms with Gasteiger partial charge in [0.25, 0.3) is 0 Å². The Hall–Kier alpha value is -2.26. The minimum absolute atomic E-state index is 0.122. The van der Waals surface area contributed by atoms with Gasteiger partial charge >= 0.3 is 5.97 Å². The highest BCUT2D eigenvalue weighted by atomic mass is 35.5. The molecule has 0 bridgehead atoms. The van der Waals surface area contributed by atoms with Crippen molar-refractivity contribution in [3.63, 3.8) is 0 Å². The molecule has 0 saturated heterocycles. The van der Waals surface area contributed by atoms with Crippen molar-refractivity contribution in [3.05, 3.63) is 75.8 Å². The minimum Gasteiger partial charge on any atom is -0.478 e. The lowest BCUT2D eigenvalue weighted by Crippen LogP contribution is -2.31. The number of anilines is 1. The Morgan fingerprint density at radius 1 is 1.29 bits per heavy atom. The lowest BCUT2D eigenvalue weighted by molar-refractivity contribution is 0.0695. The number of rotatable bonds is 2. The van der Waals surface area contributed by atoms with Crippen LogP contribution in [-0.4, -0.2) is 11.1 Å². The van der Waals surface area contributed by atoms with Gasteiger partial charge in [-0.2, -0.15) is 0 Å². The first-order chi connectivity index (χ1) is 11.6. The molecule has 2 N–H and O–H groups in total. The highest BCUT2D eigenvalue weighted by Gasteiger charge is 2.40. The Bertz CT molecular complexity index is 859. The molecule has 0 spiro atoms. The molecule has 24 heavy (non-hydrogen) atoms. The fraction of sp³-hybridized carbons (Fsp3) is 0.250. The number of carboxylic acids is 1. The summed E-state index contributed by atoms with van der Waals surface area (Å²) in [4.78, 5) is 11.7. The van der Waals surface area contributed by atoms with Crippen LogP contribution in [0.2, 0.25) is 5.02 Å². The smallest absolute Gasteiger partial charge is 0.336 e. The molecule has 0 amide bonds. The summed E-state index contributed by atoms with van der Waals surface area (Å²) in [5, 5.41) is 13.9. The Kier molecular flexibility index (Phi) is 3.61. The summed E-state index contributed by atoms with van der Waals surface area (Å²) in [5.74, 6) is -0.444. The first kappa shape index (κ1) is 15.3. The molecular weight excluding hydrogens is 322 g/mol. The number of aryl methyl sites for hydroxylation is 1. The van der Waals surface area contributed by atoms with Gasteiger partial charge in [0, 0.05) is 16.6 Å². The van der Waals surface area contributed by atoms with Crippen molar-refractivity contribution in [2.45, 2.75) is 25.3 Å². The second-order valence-electron chi connectivity index (χ2n) is 6.55. The quantitative estimate of drug-likeness (QED) is 0.742. The summed E-state index contributed by atoms with van der Waals surface area (Å²) in [6, 6.07) is 11.6. The molecule has 1 heterocycles. The number of halogens is 1. The Morgan fingerprint density at radius 3 is 2.88 bits per heavy atom. The molecule has 0 unspecified atom stereocenters. The van der Waals surface area contributed by atoms with Crippen molar-refractivity contribution in [1.29, 1.82) is 0 Å². The van der Waals surface area contributed by atoms with E-state index in [4.69, 9.17) is 11.6 Å². The van der Waals surface area contributed by atoms with E-state index < -0.39 is 5.97 Å². The van der Waals surface area contributed by atoms with Gasteiger partial charge in [-0.05, 0) is 54.2 Å². The van der Waals surface area contributed by atoms with Gasteiger partial charge < -0.3 is 10.4 Å². The molecule has 3 nitrogen and oxygen atoms in total. The van der Waals surface area contributed by atoms with Gasteiger partial charge in [-0.25, -0.2) is 4.79 Å². The summed E-state index contributed by atoms with van der Waals surface area (Å²) in [6.07, 6.45) is 5.26. The third-order valence-electron chi connectivity index (χ3n) is 5.17. The van der Waals surface area contributed by atoms with Gasteiger partial charge in [-0.3, -0.25) is 0 Å². The lowest BCUT2D eigenvalue weighted by atomic mass is 9.75. The normalized spacial score (nSPS) is 24.2. The molecule has 4 rings (SSSR count). The van der Waals surface area contributed by atoms with Crippen LogP contribution in [0.15, 0.2) is 48.6 Å². The van der Waals surface area contributed by atoms with Crippen molar-refractivity contribution >= 4 is 23.3 Å². The van der Waals surface area contributed by atoms with Crippen LogP contribution in [0.25, 0.3) is 0 Å². The van der Waals surface area contributed by atoms with Crippen molar-refractivity contribution < 1.29 is 9.90 Å². The third-order valence-corrected chi connectivity index (χ3v) is 5.40. The predicted octanol–water partition coefficient (Wildman–Crippen LogP) is 5.17. The summed E-state index contributed by atoms with van der Waals surface area (Å²) in [6.45, 7) is 2.02. The Balaban J connectivity index is 1.88. The molecule has 0 fully saturated rings. The standard InChI is InChI=1S/C20H18ClNO2/c1-11-8-9-16(20(23)24)17-14-6-3-7-15(14)19(22-18(11)17)12-4-2-5-13(21)10-12/h2-6,8-10,14-15,19,22H,7H2,1H3,(H,23,24)/t14-,15+,19-/m1/s1. The van der Waals surface area contributed by atoms with E-state index in [-0.39, 0.29) is 12.0 Å². The molecule has 1 aliphatic heterocycles. The summed E-state index contributed by atoms with van der Waals surface area (Å²) >= 11 is 6.18. The summed E-state index contributed by atoms with van der Waals surface area (Å²) < 4.78 is 0. The molecule has 2 aromatic rings. The SMILES string of the molecule is Cc1ccc(C(=O)O)c2c1N[C@H](c1cccc(Cl)c1)[C@H]1CC=C[C@@H]21. The Morgan fingerprint density at radius 2 is 2.12 bits per heavy atom. The van der Waals surface area contributed by atoms with Crippen LogP contribution in [0.3, 0.4) is 0 Å². The van der Waals surface area contributed by atoms with Gasteiger partial charge in [0.1, 0.15) is 0 Å². The van der Waals surface area contributed by atoms with Gasteiger partial charge in [0.2, 0.25) is 0 Å². The molecule has 4 heteroatoms. The average molecular weight is 340 g/mol. The number of hydrogen-bond donors (Lipinski definition) is 2. The highest BCUT2D eigenvalue weighted by molar-refractivity contribution is 6.30. The number of aromatic carboxylic acids is 1. The van der Waals surface area contributed by atoms with Crippen LogP contribution in [-0.2, 0) is 0 Å². The number of benzene rings is 2. The maximum absolute atomic E-state index is 11.7. The molecule has 2 aromatic carbocycles. The molecular formula is C20H18ClNO2. The largest absolute Gasteiger partial charge is 0.478 e. The zero-order valence-corrected chi connectivity index (χ0v) is 14.0. The van der Waals surface area contributed by atoms with Crippen LogP contribution in [0.4, 0.5) is 5.69 Å². The first-order valence-corrected chi connectivity index (χ1v) is 8.49. The maximum Gasteiger partial charge on any atom is 0.336 e. The number of carbonyl (C=O) groups is 1. The van der Waals surface area contributed by atoms with Crippen LogP contribution >= 0.6 is 11.6 Å². The Labute approximate surface area is 146 Å². The molecule has 2 aliphatic rings. The van der Waals surface area contributed by atoms with E-state index in [0.29, 0.717) is 11.5 Å². The maximum atomic E-state index is 11.7. The van der Waals surface area contributed by atoms with Gasteiger partial charge in [0.15, 0.2) is 0 Å². The summed E-state index contributed by atoms with van der Waals surface area (Å²) in [5.41, 5.74) is 4.48. The van der Waals surface area contributed by atoms with E-state index in [0.717, 1.165) is 33.8 Å². The van der Waals surface area contributed by atoms with Crippen LogP contribution < -0.4 is 5.32 Å². The highest BCUT2D eigenvalue weighted by Crippen LogP contribution is 2.51. The molecule has 1 aliphatic carbocycles. The van der Waals surface area contributed by atoms with E-state index in [2.05, 4.69) is 23.5 Å². The van der Waals surface area contributed by atoms with Crippen molar-refractivity contribution in [2.24, 2.45) is 5.92 Å². The molecule has 0 radical (unpaired) electrons. The fourth-order valence-electron chi connectivity index (χ4n) is 4.07. The number of hydrogen-bond acceptors (Lipinski definition) is 2. The molecule has 122 valence electrons. The monoisotopic (exact) mass is 339 g/mol. The topological polar surface area (TPSA) is 49.3 Å². The van der Waals surface area contributed by atoms with Crippen LogP contribution in [0.1, 0.15) is 45.4 Å².